The third-order valence-electron chi connectivity index (χ3n) is 9.78. The Balaban J connectivity index is 1.14. The van der Waals surface area contributed by atoms with Crippen LogP contribution in [0.3, 0.4) is 0 Å². The normalized spacial score (nSPS) is 27.4. The highest BCUT2D eigenvalue weighted by atomic mass is 19.1. The molecule has 2 atom stereocenters. The fourth-order valence-corrected chi connectivity index (χ4v) is 7.47. The molecule has 10 heteroatoms. The van der Waals surface area contributed by atoms with E-state index in [2.05, 4.69) is 16.0 Å². The smallest absolute Gasteiger partial charge is 0.331 e. The molecule has 0 unspecified atom stereocenters. The first-order valence-electron chi connectivity index (χ1n) is 14.4. The first kappa shape index (κ1) is 26.8. The van der Waals surface area contributed by atoms with Crippen molar-refractivity contribution < 1.29 is 27.9 Å². The number of piperazine rings is 1. The third-order valence-corrected chi connectivity index (χ3v) is 9.78. The number of hydrogen-bond donors (Lipinski definition) is 3. The van der Waals surface area contributed by atoms with E-state index in [-0.39, 0.29) is 30.5 Å². The Morgan fingerprint density at radius 2 is 1.76 bits per heavy atom. The third kappa shape index (κ3) is 4.06. The second kappa shape index (κ2) is 9.49. The number of esters is 1. The number of rotatable bonds is 4. The number of allylic oxidation sites excluding steroid dienone is 1. The van der Waals surface area contributed by atoms with E-state index in [0.717, 1.165) is 41.4 Å². The number of ether oxygens (including phenoxy) is 1. The van der Waals surface area contributed by atoms with E-state index in [0.29, 0.717) is 38.0 Å². The number of amides is 2. The lowest BCUT2D eigenvalue weighted by atomic mass is 9.78. The van der Waals surface area contributed by atoms with Crippen LogP contribution in [0.4, 0.5) is 8.78 Å². The number of carbonyl (C=O) groups is 3. The molecule has 42 heavy (non-hydrogen) atoms. The van der Waals surface area contributed by atoms with Crippen molar-refractivity contribution >= 4 is 17.8 Å². The van der Waals surface area contributed by atoms with Gasteiger partial charge in [0.05, 0.1) is 16.5 Å². The van der Waals surface area contributed by atoms with E-state index in [1.54, 1.807) is 19.1 Å². The second-order valence-corrected chi connectivity index (χ2v) is 12.3. The molecule has 2 fully saturated rings. The van der Waals surface area contributed by atoms with Crippen molar-refractivity contribution in [3.8, 4) is 5.75 Å². The molecule has 3 N–H and O–H groups in total. The molecule has 3 heterocycles. The number of fused-ring (bicyclic) bond motifs is 2. The van der Waals surface area contributed by atoms with Gasteiger partial charge in [-0.15, -0.1) is 0 Å². The fourth-order valence-electron chi connectivity index (χ4n) is 7.47. The van der Waals surface area contributed by atoms with Crippen molar-refractivity contribution in [1.29, 1.82) is 0 Å². The molecular formula is C32H32F2N4O4. The first-order valence-corrected chi connectivity index (χ1v) is 14.4. The van der Waals surface area contributed by atoms with Crippen LogP contribution in [0.25, 0.3) is 0 Å². The summed E-state index contributed by atoms with van der Waals surface area (Å²) in [6, 6.07) is 8.56. The number of nitrogens with one attached hydrogen (secondary N) is 3. The number of halogens is 2. The van der Waals surface area contributed by atoms with E-state index in [9.17, 15) is 23.2 Å². The van der Waals surface area contributed by atoms with Gasteiger partial charge < -0.3 is 25.6 Å². The van der Waals surface area contributed by atoms with Crippen LogP contribution in [-0.2, 0) is 32.8 Å². The Morgan fingerprint density at radius 3 is 2.52 bits per heavy atom. The summed E-state index contributed by atoms with van der Waals surface area (Å²) in [7, 11) is 0. The van der Waals surface area contributed by atoms with Gasteiger partial charge in [-0.1, -0.05) is 31.1 Å². The number of dihydropyridines is 1. The van der Waals surface area contributed by atoms with E-state index in [1.165, 1.54) is 17.0 Å². The predicted octanol–water partition coefficient (Wildman–Crippen LogP) is 3.12. The topological polar surface area (TPSA) is 99.8 Å². The van der Waals surface area contributed by atoms with Crippen molar-refractivity contribution in [3.63, 3.8) is 0 Å². The van der Waals surface area contributed by atoms with Gasteiger partial charge >= 0.3 is 5.97 Å². The van der Waals surface area contributed by atoms with Gasteiger partial charge in [0.25, 0.3) is 0 Å². The Hall–Kier alpha value is -4.05. The van der Waals surface area contributed by atoms with Crippen molar-refractivity contribution in [2.75, 3.05) is 19.6 Å². The molecule has 0 radical (unpaired) electrons. The van der Waals surface area contributed by atoms with Crippen LogP contribution in [-0.4, -0.2) is 47.9 Å². The number of carbonyl (C=O) groups excluding carboxylic acids is 3. The minimum absolute atomic E-state index is 0.0487. The molecule has 2 amide bonds. The molecule has 2 aliphatic carbocycles. The molecule has 218 valence electrons. The lowest BCUT2D eigenvalue weighted by molar-refractivity contribution is -0.157. The number of hydrogen-bond acceptors (Lipinski definition) is 6. The van der Waals surface area contributed by atoms with Gasteiger partial charge in [-0.05, 0) is 73.6 Å². The molecule has 2 aromatic rings. The maximum atomic E-state index is 14.3. The Labute approximate surface area is 242 Å². The Kier molecular flexibility index (Phi) is 6.06. The summed E-state index contributed by atoms with van der Waals surface area (Å²) in [4.78, 5) is 41.8. The maximum Gasteiger partial charge on any atom is 0.331 e. The molecule has 1 saturated heterocycles. The molecule has 5 aliphatic rings. The van der Waals surface area contributed by atoms with Gasteiger partial charge in [-0.3, -0.25) is 9.59 Å². The standard InChI is InChI=1S/C32H32F2N4O4/c1-30(21-12-22(33)14-23(34)13-21)18-36-32(8-2-3-9-32)29(41)38(30)17-26(39)42-24-7-6-19-15-31(16-20(19)11-24)25-5-4-10-35-27(25)37-28(31)40/h4-7,11-14,35-36H,2-3,8-10,15-18H2,1H3,(H,37,40)/t30-,31+/m0/s1. The highest BCUT2D eigenvalue weighted by Gasteiger charge is 2.54. The number of nitrogens with zero attached hydrogens (tertiary/aromatic N) is 1. The van der Waals surface area contributed by atoms with Crippen LogP contribution >= 0.6 is 0 Å². The van der Waals surface area contributed by atoms with E-state index in [1.807, 2.05) is 18.2 Å². The summed E-state index contributed by atoms with van der Waals surface area (Å²) in [5.41, 5.74) is 0.462. The van der Waals surface area contributed by atoms with Crippen LogP contribution in [0.15, 0.2) is 59.9 Å². The number of benzene rings is 2. The minimum atomic E-state index is -1.18. The molecule has 0 bridgehead atoms. The van der Waals surface area contributed by atoms with Crippen LogP contribution in [0, 0.1) is 17.0 Å². The zero-order chi connectivity index (χ0) is 29.3. The van der Waals surface area contributed by atoms with Crippen LogP contribution in [0.2, 0.25) is 0 Å². The van der Waals surface area contributed by atoms with Gasteiger partial charge in [-0.2, -0.15) is 0 Å². The molecule has 1 saturated carbocycles. The Bertz CT molecular complexity index is 1580. The Morgan fingerprint density at radius 1 is 1.02 bits per heavy atom. The second-order valence-electron chi connectivity index (χ2n) is 12.3. The molecule has 2 aromatic carbocycles. The van der Waals surface area contributed by atoms with Crippen LogP contribution < -0.4 is 20.7 Å². The minimum Gasteiger partial charge on any atom is -0.425 e. The highest BCUT2D eigenvalue weighted by molar-refractivity contribution is 5.94. The van der Waals surface area contributed by atoms with Crippen molar-refractivity contribution in [1.82, 2.24) is 20.9 Å². The molecule has 7 rings (SSSR count). The average Bonchev–Trinajstić information content (AvgIpc) is 3.65. The summed E-state index contributed by atoms with van der Waals surface area (Å²) < 4.78 is 34.3. The van der Waals surface area contributed by atoms with Crippen LogP contribution in [0.1, 0.15) is 49.3 Å². The fraction of sp³-hybridized carbons (Fsp3) is 0.406. The summed E-state index contributed by atoms with van der Waals surface area (Å²) >= 11 is 0. The first-order chi connectivity index (χ1) is 20.1. The van der Waals surface area contributed by atoms with Gasteiger partial charge in [0.2, 0.25) is 11.8 Å². The predicted molar refractivity (Wildman–Crippen MR) is 149 cm³/mol. The largest absolute Gasteiger partial charge is 0.425 e. The SMILES string of the molecule is C[C@@]1(c2cc(F)cc(F)c2)CNC2(CCCC2)C(=O)N1CC(=O)Oc1ccc2c(c1)C[C@@]1(C2)C(=O)NC2=C1C=CCN2. The highest BCUT2D eigenvalue weighted by Crippen LogP contribution is 2.48. The van der Waals surface area contributed by atoms with Crippen molar-refractivity contribution in [3.05, 3.63) is 88.3 Å². The summed E-state index contributed by atoms with van der Waals surface area (Å²) in [5.74, 6) is -1.41. The van der Waals surface area contributed by atoms with Gasteiger partial charge in [0.1, 0.15) is 29.7 Å². The van der Waals surface area contributed by atoms with E-state index in [4.69, 9.17) is 4.74 Å². The molecule has 3 aliphatic heterocycles. The average molecular weight is 575 g/mol. The van der Waals surface area contributed by atoms with Gasteiger partial charge in [0.15, 0.2) is 0 Å². The zero-order valence-electron chi connectivity index (χ0n) is 23.3. The molecule has 2 spiro atoms. The summed E-state index contributed by atoms with van der Waals surface area (Å²) in [6.45, 7) is 2.22. The van der Waals surface area contributed by atoms with Gasteiger partial charge in [0, 0.05) is 24.7 Å². The van der Waals surface area contributed by atoms with Crippen LogP contribution in [0.5, 0.6) is 5.75 Å². The molecular weight excluding hydrogens is 542 g/mol. The molecule has 8 nitrogen and oxygen atoms in total. The lowest BCUT2D eigenvalue weighted by Crippen LogP contribution is -2.71. The summed E-state index contributed by atoms with van der Waals surface area (Å²) in [6.07, 6.45) is 8.04. The lowest BCUT2D eigenvalue weighted by Gasteiger charge is -2.51. The quantitative estimate of drug-likeness (QED) is 0.384. The maximum absolute atomic E-state index is 14.3. The van der Waals surface area contributed by atoms with Gasteiger partial charge in [-0.25, -0.2) is 13.6 Å². The van der Waals surface area contributed by atoms with E-state index < -0.39 is 34.1 Å². The zero-order valence-corrected chi connectivity index (χ0v) is 23.3. The monoisotopic (exact) mass is 574 g/mol. The van der Waals surface area contributed by atoms with Crippen molar-refractivity contribution in [2.45, 2.75) is 56.5 Å². The van der Waals surface area contributed by atoms with Crippen molar-refractivity contribution in [2.24, 2.45) is 5.41 Å². The van der Waals surface area contributed by atoms with E-state index >= 15 is 0 Å². The summed E-state index contributed by atoms with van der Waals surface area (Å²) in [5, 5.41) is 9.56. The molecule has 0 aromatic heterocycles.